The fraction of sp³-hybridized carbons (Fsp3) is 0.455. The first-order valence-corrected chi connectivity index (χ1v) is 10.0. The first-order valence-electron chi connectivity index (χ1n) is 10.0. The van der Waals surface area contributed by atoms with Gasteiger partial charge in [-0.3, -0.25) is 19.3 Å². The van der Waals surface area contributed by atoms with Gasteiger partial charge >= 0.3 is 5.97 Å². The van der Waals surface area contributed by atoms with Crippen LogP contribution in [-0.2, 0) is 30.3 Å². The maximum atomic E-state index is 12.5. The predicted octanol–water partition coefficient (Wildman–Crippen LogP) is 1.24. The molecule has 1 aromatic rings. The number of nitrogens with one attached hydrogen (secondary N) is 1. The zero-order chi connectivity index (χ0) is 21.7. The van der Waals surface area contributed by atoms with E-state index in [2.05, 4.69) is 5.32 Å². The summed E-state index contributed by atoms with van der Waals surface area (Å²) < 4.78 is 10.1. The van der Waals surface area contributed by atoms with Gasteiger partial charge in [0.25, 0.3) is 5.91 Å². The quantitative estimate of drug-likeness (QED) is 0.390. The molecule has 1 saturated heterocycles. The lowest BCUT2D eigenvalue weighted by molar-refractivity contribution is -0.159. The molecule has 3 rings (SSSR count). The third kappa shape index (κ3) is 4.69. The van der Waals surface area contributed by atoms with E-state index in [1.165, 1.54) is 6.92 Å². The summed E-state index contributed by atoms with van der Waals surface area (Å²) in [5.41, 5.74) is 1.03. The van der Waals surface area contributed by atoms with Gasteiger partial charge < -0.3 is 14.8 Å². The minimum Gasteiger partial charge on any atom is -0.497 e. The lowest BCUT2D eigenvalue weighted by Gasteiger charge is -2.21. The van der Waals surface area contributed by atoms with Gasteiger partial charge in [0.05, 0.1) is 18.9 Å². The molecule has 1 N–H and O–H groups in total. The summed E-state index contributed by atoms with van der Waals surface area (Å²) in [6.07, 6.45) is 5.39. The van der Waals surface area contributed by atoms with Crippen molar-refractivity contribution in [3.05, 3.63) is 42.0 Å². The van der Waals surface area contributed by atoms with Gasteiger partial charge in [-0.2, -0.15) is 0 Å². The van der Waals surface area contributed by atoms with Crippen LogP contribution >= 0.6 is 0 Å². The van der Waals surface area contributed by atoms with Gasteiger partial charge in [0, 0.05) is 6.54 Å². The van der Waals surface area contributed by atoms with Crippen molar-refractivity contribution in [2.45, 2.75) is 32.2 Å². The van der Waals surface area contributed by atoms with Gasteiger partial charge in [-0.05, 0) is 43.9 Å². The van der Waals surface area contributed by atoms with Crippen LogP contribution in [0.15, 0.2) is 36.4 Å². The van der Waals surface area contributed by atoms with Crippen molar-refractivity contribution in [3.63, 3.8) is 0 Å². The molecule has 0 unspecified atom stereocenters. The fourth-order valence-corrected chi connectivity index (χ4v) is 3.76. The number of esters is 1. The van der Waals surface area contributed by atoms with Gasteiger partial charge in [-0.15, -0.1) is 0 Å². The Morgan fingerprint density at radius 3 is 2.27 bits per heavy atom. The first-order chi connectivity index (χ1) is 14.4. The zero-order valence-electron chi connectivity index (χ0n) is 17.1. The highest BCUT2D eigenvalue weighted by atomic mass is 16.5. The summed E-state index contributed by atoms with van der Waals surface area (Å²) in [4.78, 5) is 50.3. The largest absolute Gasteiger partial charge is 0.497 e. The van der Waals surface area contributed by atoms with Crippen molar-refractivity contribution in [1.29, 1.82) is 0 Å². The predicted molar refractivity (Wildman–Crippen MR) is 107 cm³/mol. The number of hydrogen-bond acceptors (Lipinski definition) is 6. The van der Waals surface area contributed by atoms with Gasteiger partial charge in [-0.1, -0.05) is 24.3 Å². The van der Waals surface area contributed by atoms with E-state index in [1.807, 2.05) is 36.4 Å². The van der Waals surface area contributed by atoms with Crippen LogP contribution in [0.25, 0.3) is 0 Å². The van der Waals surface area contributed by atoms with E-state index in [-0.39, 0.29) is 11.8 Å². The molecular formula is C22H26N2O6. The van der Waals surface area contributed by atoms with Crippen molar-refractivity contribution < 1.29 is 28.7 Å². The highest BCUT2D eigenvalue weighted by molar-refractivity contribution is 6.08. The van der Waals surface area contributed by atoms with E-state index in [0.717, 1.165) is 16.2 Å². The van der Waals surface area contributed by atoms with E-state index in [1.54, 1.807) is 7.11 Å². The lowest BCUT2D eigenvalue weighted by Crippen LogP contribution is -2.45. The SMILES string of the molecule is COc1ccc(CCNC(=O)COC(=O)[C@H](C)N2C(=O)[C@H]3CC=CC[C@H]3C2=O)cc1. The Bertz CT molecular complexity index is 822. The average Bonchev–Trinajstić information content (AvgIpc) is 3.02. The number of benzene rings is 1. The van der Waals surface area contributed by atoms with Crippen LogP contribution < -0.4 is 10.1 Å². The van der Waals surface area contributed by atoms with Crippen molar-refractivity contribution >= 4 is 23.7 Å². The number of rotatable bonds is 8. The van der Waals surface area contributed by atoms with Gasteiger partial charge in [-0.25, -0.2) is 4.79 Å². The summed E-state index contributed by atoms with van der Waals surface area (Å²) in [6.45, 7) is 1.37. The maximum Gasteiger partial charge on any atom is 0.329 e. The molecule has 1 fully saturated rings. The van der Waals surface area contributed by atoms with Crippen molar-refractivity contribution in [1.82, 2.24) is 10.2 Å². The molecule has 1 heterocycles. The molecule has 8 nitrogen and oxygen atoms in total. The number of hydrogen-bond donors (Lipinski definition) is 1. The number of likely N-dealkylation sites (tertiary alicyclic amines) is 1. The Kier molecular flexibility index (Phi) is 6.87. The molecule has 1 aromatic carbocycles. The number of fused-ring (bicyclic) bond motifs is 1. The summed E-state index contributed by atoms with van der Waals surface area (Å²) in [5.74, 6) is -1.95. The van der Waals surface area contributed by atoms with Crippen LogP contribution in [0.3, 0.4) is 0 Å². The van der Waals surface area contributed by atoms with Gasteiger partial charge in [0.1, 0.15) is 11.8 Å². The number of imide groups is 1. The number of carbonyl (C=O) groups is 4. The van der Waals surface area contributed by atoms with E-state index in [4.69, 9.17) is 9.47 Å². The average molecular weight is 414 g/mol. The molecule has 0 bridgehead atoms. The smallest absolute Gasteiger partial charge is 0.329 e. The van der Waals surface area contributed by atoms with Crippen LogP contribution in [0, 0.1) is 11.8 Å². The molecule has 2 aliphatic rings. The molecule has 160 valence electrons. The Balaban J connectivity index is 1.42. The van der Waals surface area contributed by atoms with Gasteiger partial charge in [0.2, 0.25) is 11.8 Å². The second kappa shape index (κ2) is 9.56. The van der Waals surface area contributed by atoms with E-state index in [9.17, 15) is 19.2 Å². The topological polar surface area (TPSA) is 102 Å². The molecule has 0 saturated carbocycles. The molecule has 1 aliphatic carbocycles. The molecule has 3 atom stereocenters. The number of methoxy groups -OCH3 is 1. The summed E-state index contributed by atoms with van der Waals surface area (Å²) in [7, 11) is 1.59. The molecule has 8 heteroatoms. The molecule has 30 heavy (non-hydrogen) atoms. The van der Waals surface area contributed by atoms with Crippen LogP contribution in [-0.4, -0.2) is 54.9 Å². The monoisotopic (exact) mass is 414 g/mol. The maximum absolute atomic E-state index is 12.5. The number of carbonyl (C=O) groups excluding carboxylic acids is 4. The molecule has 0 spiro atoms. The minimum absolute atomic E-state index is 0.345. The number of ether oxygens (including phenoxy) is 2. The second-order valence-electron chi connectivity index (χ2n) is 7.43. The molecular weight excluding hydrogens is 388 g/mol. The van der Waals surface area contributed by atoms with Crippen LogP contribution in [0.1, 0.15) is 25.3 Å². The van der Waals surface area contributed by atoms with Crippen molar-refractivity contribution in [2.24, 2.45) is 11.8 Å². The van der Waals surface area contributed by atoms with E-state index in [0.29, 0.717) is 25.8 Å². The Morgan fingerprint density at radius 2 is 1.70 bits per heavy atom. The molecule has 1 aliphatic heterocycles. The Labute approximate surface area is 175 Å². The van der Waals surface area contributed by atoms with Crippen molar-refractivity contribution in [3.8, 4) is 5.75 Å². The Hall–Kier alpha value is -3.16. The fourth-order valence-electron chi connectivity index (χ4n) is 3.76. The highest BCUT2D eigenvalue weighted by Gasteiger charge is 2.50. The summed E-state index contributed by atoms with van der Waals surface area (Å²) in [5, 5.41) is 2.68. The van der Waals surface area contributed by atoms with Crippen LogP contribution in [0.5, 0.6) is 5.75 Å². The first kappa shape index (κ1) is 21.5. The third-order valence-corrected chi connectivity index (χ3v) is 5.51. The Morgan fingerprint density at radius 1 is 1.10 bits per heavy atom. The van der Waals surface area contributed by atoms with E-state index < -0.39 is 36.4 Å². The van der Waals surface area contributed by atoms with Crippen LogP contribution in [0.4, 0.5) is 0 Å². The zero-order valence-corrected chi connectivity index (χ0v) is 17.1. The van der Waals surface area contributed by atoms with Crippen molar-refractivity contribution in [2.75, 3.05) is 20.3 Å². The lowest BCUT2D eigenvalue weighted by atomic mass is 9.85. The molecule has 0 aromatic heterocycles. The summed E-state index contributed by atoms with van der Waals surface area (Å²) in [6, 6.07) is 6.44. The van der Waals surface area contributed by atoms with Crippen LogP contribution in [0.2, 0.25) is 0 Å². The minimum atomic E-state index is -1.05. The molecule has 3 amide bonds. The number of allylic oxidation sites excluding steroid dienone is 2. The molecule has 0 radical (unpaired) electrons. The normalized spacial score (nSPS) is 21.2. The number of nitrogens with zero attached hydrogens (tertiary/aromatic N) is 1. The highest BCUT2D eigenvalue weighted by Crippen LogP contribution is 2.36. The van der Waals surface area contributed by atoms with Gasteiger partial charge in [0.15, 0.2) is 6.61 Å². The van der Waals surface area contributed by atoms with E-state index >= 15 is 0 Å². The third-order valence-electron chi connectivity index (χ3n) is 5.51. The number of amides is 3. The standard InChI is InChI=1S/C22H26N2O6/c1-14(24-20(26)17-5-3-4-6-18(17)21(24)27)22(28)30-13-19(25)23-12-11-15-7-9-16(29-2)10-8-15/h3-4,7-10,14,17-18H,5-6,11-13H2,1-2H3,(H,23,25)/t14-,17-,18+/m0/s1. The summed E-state index contributed by atoms with van der Waals surface area (Å²) >= 11 is 0. The second-order valence-corrected chi connectivity index (χ2v) is 7.43.